The first-order valence-electron chi connectivity index (χ1n) is 11.0. The van der Waals surface area contributed by atoms with Crippen molar-refractivity contribution in [2.24, 2.45) is 5.10 Å². The quantitative estimate of drug-likeness (QED) is 0.333. The summed E-state index contributed by atoms with van der Waals surface area (Å²) in [5.41, 5.74) is 3.24. The summed E-state index contributed by atoms with van der Waals surface area (Å²) >= 11 is 0. The minimum Gasteiger partial charge on any atom is -0.269 e. The summed E-state index contributed by atoms with van der Waals surface area (Å²) in [4.78, 5) is 0. The van der Waals surface area contributed by atoms with Gasteiger partial charge in [-0.15, -0.1) is 5.12 Å². The van der Waals surface area contributed by atoms with E-state index in [0.717, 1.165) is 0 Å². The third-order valence-electron chi connectivity index (χ3n) is 5.99. The summed E-state index contributed by atoms with van der Waals surface area (Å²) in [5, 5.41) is 8.51. The standard InChI is InChI=1S/C21H44N4/c1-5-8-9-10-11-12-13-14-15-16-17-18-19-21(6-2,7-3)25-20-22-23-24(25)4/h20,23H,5-19H2,1-4H3. The summed E-state index contributed by atoms with van der Waals surface area (Å²) in [6, 6.07) is 0. The summed E-state index contributed by atoms with van der Waals surface area (Å²) in [6.07, 6.45) is 22.5. The van der Waals surface area contributed by atoms with Crippen molar-refractivity contribution in [2.75, 3.05) is 7.05 Å². The van der Waals surface area contributed by atoms with E-state index in [1.54, 1.807) is 0 Å². The van der Waals surface area contributed by atoms with Crippen molar-refractivity contribution in [3.05, 3.63) is 0 Å². The molecule has 0 spiro atoms. The van der Waals surface area contributed by atoms with E-state index in [1.807, 2.05) is 11.5 Å². The molecule has 0 unspecified atom stereocenters. The highest BCUT2D eigenvalue weighted by Gasteiger charge is 2.35. The number of hydrogen-bond donors (Lipinski definition) is 1. The molecule has 0 aliphatic carbocycles. The number of nitrogens with one attached hydrogen (secondary N) is 1. The number of hydrazine groups is 2. The number of rotatable bonds is 16. The maximum atomic E-state index is 4.19. The van der Waals surface area contributed by atoms with Gasteiger partial charge in [0, 0.05) is 7.05 Å². The molecule has 1 aliphatic rings. The Morgan fingerprint density at radius 3 is 1.64 bits per heavy atom. The second kappa shape index (κ2) is 13.4. The zero-order valence-electron chi connectivity index (χ0n) is 17.5. The van der Waals surface area contributed by atoms with Crippen LogP contribution in [0.15, 0.2) is 5.10 Å². The Labute approximate surface area is 157 Å². The van der Waals surface area contributed by atoms with Gasteiger partial charge in [0.2, 0.25) is 0 Å². The van der Waals surface area contributed by atoms with Gasteiger partial charge < -0.3 is 0 Å². The topological polar surface area (TPSA) is 30.9 Å². The number of hydrogen-bond acceptors (Lipinski definition) is 4. The Morgan fingerprint density at radius 1 is 0.760 bits per heavy atom. The molecule has 0 atom stereocenters. The lowest BCUT2D eigenvalue weighted by atomic mass is 9.86. The van der Waals surface area contributed by atoms with E-state index in [2.05, 4.69) is 43.5 Å². The lowest BCUT2D eigenvalue weighted by molar-refractivity contribution is -0.0502. The fourth-order valence-corrected chi connectivity index (χ4v) is 4.07. The molecule has 4 heteroatoms. The summed E-state index contributed by atoms with van der Waals surface area (Å²) in [6.45, 7) is 6.91. The molecule has 0 aromatic heterocycles. The van der Waals surface area contributed by atoms with Gasteiger partial charge in [-0.25, -0.2) is 5.53 Å². The van der Waals surface area contributed by atoms with Gasteiger partial charge in [-0.05, 0) is 19.3 Å². The zero-order valence-corrected chi connectivity index (χ0v) is 17.5. The molecule has 0 aromatic rings. The van der Waals surface area contributed by atoms with E-state index >= 15 is 0 Å². The molecule has 0 fully saturated rings. The minimum absolute atomic E-state index is 0.222. The molecule has 0 aromatic carbocycles. The van der Waals surface area contributed by atoms with Crippen molar-refractivity contribution >= 4 is 6.34 Å². The summed E-state index contributed by atoms with van der Waals surface area (Å²) in [7, 11) is 2.05. The van der Waals surface area contributed by atoms with Crippen LogP contribution in [0.2, 0.25) is 0 Å². The van der Waals surface area contributed by atoms with Gasteiger partial charge in [-0.3, -0.25) is 5.01 Å². The molecule has 0 amide bonds. The van der Waals surface area contributed by atoms with Crippen LogP contribution in [-0.2, 0) is 0 Å². The monoisotopic (exact) mass is 352 g/mol. The molecule has 1 rings (SSSR count). The lowest BCUT2D eigenvalue weighted by Gasteiger charge is -2.43. The fraction of sp³-hybridized carbons (Fsp3) is 0.952. The first kappa shape index (κ1) is 22.3. The van der Waals surface area contributed by atoms with Crippen molar-refractivity contribution in [1.29, 1.82) is 0 Å². The Kier molecular flexibility index (Phi) is 12.0. The van der Waals surface area contributed by atoms with Crippen LogP contribution in [0.3, 0.4) is 0 Å². The van der Waals surface area contributed by atoms with Gasteiger partial charge >= 0.3 is 0 Å². The third kappa shape index (κ3) is 7.98. The fourth-order valence-electron chi connectivity index (χ4n) is 4.07. The van der Waals surface area contributed by atoms with Gasteiger partial charge in [-0.2, -0.15) is 5.10 Å². The first-order valence-corrected chi connectivity index (χ1v) is 11.0. The summed E-state index contributed by atoms with van der Waals surface area (Å²) in [5.74, 6) is 0. The molecule has 1 N–H and O–H groups in total. The van der Waals surface area contributed by atoms with Gasteiger partial charge in [0.1, 0.15) is 6.34 Å². The second-order valence-electron chi connectivity index (χ2n) is 7.78. The SMILES string of the molecule is CCCCCCCCCCCCCCC(CC)(CC)N1C=NNN1C. The highest BCUT2D eigenvalue weighted by molar-refractivity contribution is 5.56. The van der Waals surface area contributed by atoms with Crippen LogP contribution in [0.5, 0.6) is 0 Å². The van der Waals surface area contributed by atoms with E-state index in [4.69, 9.17) is 0 Å². The van der Waals surface area contributed by atoms with Gasteiger partial charge in [0.15, 0.2) is 0 Å². The van der Waals surface area contributed by atoms with Crippen LogP contribution in [0.25, 0.3) is 0 Å². The van der Waals surface area contributed by atoms with Crippen LogP contribution >= 0.6 is 0 Å². The zero-order chi connectivity index (χ0) is 18.4. The Balaban J connectivity index is 2.06. The van der Waals surface area contributed by atoms with Gasteiger partial charge in [-0.1, -0.05) is 97.8 Å². The molecular formula is C21H44N4. The number of unbranched alkanes of at least 4 members (excludes halogenated alkanes) is 11. The van der Waals surface area contributed by atoms with Crippen molar-refractivity contribution in [2.45, 2.75) is 123 Å². The molecule has 4 nitrogen and oxygen atoms in total. The van der Waals surface area contributed by atoms with E-state index in [1.165, 1.54) is 96.3 Å². The Morgan fingerprint density at radius 2 is 1.24 bits per heavy atom. The highest BCUT2D eigenvalue weighted by Crippen LogP contribution is 2.31. The van der Waals surface area contributed by atoms with Crippen LogP contribution < -0.4 is 5.53 Å². The summed E-state index contributed by atoms with van der Waals surface area (Å²) < 4.78 is 0. The Bertz CT molecular complexity index is 339. The lowest BCUT2D eigenvalue weighted by Crippen LogP contribution is -2.54. The first-order chi connectivity index (χ1) is 12.2. The average Bonchev–Trinajstić information content (AvgIpc) is 3.06. The maximum Gasteiger partial charge on any atom is 0.129 e. The third-order valence-corrected chi connectivity index (χ3v) is 5.99. The molecule has 25 heavy (non-hydrogen) atoms. The molecule has 148 valence electrons. The molecule has 0 radical (unpaired) electrons. The molecule has 1 aliphatic heterocycles. The molecular weight excluding hydrogens is 308 g/mol. The van der Waals surface area contributed by atoms with Gasteiger partial charge in [0.25, 0.3) is 0 Å². The normalized spacial score (nSPS) is 15.1. The smallest absolute Gasteiger partial charge is 0.129 e. The molecule has 0 saturated carbocycles. The maximum absolute atomic E-state index is 4.19. The molecule has 0 saturated heterocycles. The average molecular weight is 353 g/mol. The largest absolute Gasteiger partial charge is 0.269 e. The number of nitrogens with zero attached hydrogens (tertiary/aromatic N) is 3. The Hall–Kier alpha value is -0.770. The van der Waals surface area contributed by atoms with Crippen molar-refractivity contribution < 1.29 is 0 Å². The molecule has 1 heterocycles. The number of hydrazone groups is 1. The van der Waals surface area contributed by atoms with Crippen molar-refractivity contribution in [1.82, 2.24) is 15.7 Å². The predicted molar refractivity (Wildman–Crippen MR) is 110 cm³/mol. The van der Waals surface area contributed by atoms with Crippen molar-refractivity contribution in [3.63, 3.8) is 0 Å². The van der Waals surface area contributed by atoms with E-state index in [9.17, 15) is 0 Å². The predicted octanol–water partition coefficient (Wildman–Crippen LogP) is 6.25. The van der Waals surface area contributed by atoms with Crippen LogP contribution in [-0.4, -0.2) is 29.1 Å². The highest BCUT2D eigenvalue weighted by atomic mass is 15.9. The minimum atomic E-state index is 0.222. The van der Waals surface area contributed by atoms with E-state index in [0.29, 0.717) is 0 Å². The van der Waals surface area contributed by atoms with Crippen LogP contribution in [0.1, 0.15) is 117 Å². The van der Waals surface area contributed by atoms with Crippen LogP contribution in [0, 0.1) is 0 Å². The van der Waals surface area contributed by atoms with Crippen LogP contribution in [0.4, 0.5) is 0 Å². The molecule has 0 bridgehead atoms. The second-order valence-corrected chi connectivity index (χ2v) is 7.78. The van der Waals surface area contributed by atoms with Crippen molar-refractivity contribution in [3.8, 4) is 0 Å². The van der Waals surface area contributed by atoms with E-state index in [-0.39, 0.29) is 5.54 Å². The van der Waals surface area contributed by atoms with Gasteiger partial charge in [0.05, 0.1) is 5.54 Å². The van der Waals surface area contributed by atoms with E-state index < -0.39 is 0 Å².